The van der Waals surface area contributed by atoms with Crippen LogP contribution in [0.4, 0.5) is 0 Å². The van der Waals surface area contributed by atoms with Crippen LogP contribution >= 0.6 is 11.8 Å². The van der Waals surface area contributed by atoms with Crippen LogP contribution in [0.1, 0.15) is 43.1 Å². The molecule has 2 aromatic carbocycles. The molecule has 2 heterocycles. The zero-order chi connectivity index (χ0) is 33.9. The SMILES string of the molecule is CSCC[C@@H]1NC(=O)[C@H](C(C)C)NC(=O)CN(C(=O)c2ccc(-c3cnco3)cc2)C[C@@H](Cc2ccccc2)NC(=O)[C@H](C)NC1=O. The van der Waals surface area contributed by atoms with E-state index in [1.54, 1.807) is 51.2 Å². The van der Waals surface area contributed by atoms with Crippen molar-refractivity contribution in [3.63, 3.8) is 0 Å². The van der Waals surface area contributed by atoms with Crippen molar-refractivity contribution in [3.8, 4) is 11.3 Å². The first-order chi connectivity index (χ1) is 22.5. The average Bonchev–Trinajstić information content (AvgIpc) is 3.60. The number of amides is 5. The van der Waals surface area contributed by atoms with E-state index >= 15 is 0 Å². The molecule has 1 fully saturated rings. The molecule has 0 bridgehead atoms. The Hall–Kier alpha value is -4.65. The minimum Gasteiger partial charge on any atom is -0.444 e. The van der Waals surface area contributed by atoms with E-state index in [2.05, 4.69) is 26.3 Å². The van der Waals surface area contributed by atoms with Crippen molar-refractivity contribution in [2.45, 2.75) is 57.8 Å². The third-order valence-electron chi connectivity index (χ3n) is 7.84. The lowest BCUT2D eigenvalue weighted by atomic mass is 10.0. The summed E-state index contributed by atoms with van der Waals surface area (Å²) in [6.07, 6.45) is 5.47. The number of oxazole rings is 1. The molecule has 3 aromatic rings. The summed E-state index contributed by atoms with van der Waals surface area (Å²) in [4.78, 5) is 73.1. The standard InChI is InChI=1S/C34H42N6O6S/c1-21(2)30-33(44)38-27(14-15-47-4)32(43)36-22(3)31(42)37-26(16-23-8-6-5-7-9-23)18-40(19-29(41)39-30)34(45)25-12-10-24(11-13-25)28-17-35-20-46-28/h5-13,17,20-22,26-27,30H,14-16,18-19H2,1-4H3,(H,36,43)(H,37,42)(H,38,44)(H,39,41)/t22-,26+,27-,30-/m0/s1. The van der Waals surface area contributed by atoms with Gasteiger partial charge in [0.2, 0.25) is 23.6 Å². The number of nitrogens with one attached hydrogen (secondary N) is 4. The van der Waals surface area contributed by atoms with Crippen LogP contribution in [0.3, 0.4) is 0 Å². The fourth-order valence-electron chi connectivity index (χ4n) is 5.26. The molecule has 1 aromatic heterocycles. The molecule has 1 saturated heterocycles. The van der Waals surface area contributed by atoms with E-state index in [-0.39, 0.29) is 19.0 Å². The Labute approximate surface area is 278 Å². The number of benzene rings is 2. The minimum atomic E-state index is -0.965. The molecule has 250 valence electrons. The number of hydrogen-bond acceptors (Lipinski definition) is 8. The average molecular weight is 663 g/mol. The van der Waals surface area contributed by atoms with Crippen LogP contribution < -0.4 is 21.3 Å². The van der Waals surface area contributed by atoms with Crippen molar-refractivity contribution >= 4 is 41.3 Å². The van der Waals surface area contributed by atoms with Gasteiger partial charge in [0.25, 0.3) is 5.91 Å². The quantitative estimate of drug-likeness (QED) is 0.286. The monoisotopic (exact) mass is 662 g/mol. The zero-order valence-electron chi connectivity index (χ0n) is 27.0. The van der Waals surface area contributed by atoms with Crippen LogP contribution in [-0.4, -0.2) is 88.7 Å². The summed E-state index contributed by atoms with van der Waals surface area (Å²) in [5.74, 6) is -1.66. The lowest BCUT2D eigenvalue weighted by Crippen LogP contribution is -2.57. The van der Waals surface area contributed by atoms with Crippen molar-refractivity contribution in [1.29, 1.82) is 0 Å². The van der Waals surface area contributed by atoms with E-state index in [0.717, 1.165) is 11.1 Å². The first kappa shape index (κ1) is 35.2. The molecule has 1 aliphatic rings. The van der Waals surface area contributed by atoms with Crippen LogP contribution in [0.5, 0.6) is 0 Å². The topological polar surface area (TPSA) is 163 Å². The molecule has 4 N–H and O–H groups in total. The Morgan fingerprint density at radius 2 is 1.68 bits per heavy atom. The third-order valence-corrected chi connectivity index (χ3v) is 8.49. The van der Waals surface area contributed by atoms with Crippen molar-refractivity contribution in [2.24, 2.45) is 5.92 Å². The molecule has 4 atom stereocenters. The molecule has 0 aliphatic carbocycles. The van der Waals surface area contributed by atoms with Gasteiger partial charge in [0, 0.05) is 17.7 Å². The Morgan fingerprint density at radius 1 is 0.957 bits per heavy atom. The summed E-state index contributed by atoms with van der Waals surface area (Å²) >= 11 is 1.52. The van der Waals surface area contributed by atoms with Gasteiger partial charge in [0.1, 0.15) is 18.1 Å². The van der Waals surface area contributed by atoms with Gasteiger partial charge in [-0.05, 0) is 55.4 Å². The van der Waals surface area contributed by atoms with Gasteiger partial charge >= 0.3 is 0 Å². The summed E-state index contributed by atoms with van der Waals surface area (Å²) in [5.41, 5.74) is 1.95. The molecule has 0 unspecified atom stereocenters. The smallest absolute Gasteiger partial charge is 0.254 e. The van der Waals surface area contributed by atoms with Crippen molar-refractivity contribution in [1.82, 2.24) is 31.2 Å². The van der Waals surface area contributed by atoms with Crippen LogP contribution in [-0.2, 0) is 25.6 Å². The van der Waals surface area contributed by atoms with Crippen LogP contribution in [0.15, 0.2) is 71.6 Å². The summed E-state index contributed by atoms with van der Waals surface area (Å²) in [7, 11) is 0. The predicted octanol–water partition coefficient (Wildman–Crippen LogP) is 2.41. The van der Waals surface area contributed by atoms with Gasteiger partial charge in [-0.15, -0.1) is 0 Å². The highest BCUT2D eigenvalue weighted by Gasteiger charge is 2.32. The summed E-state index contributed by atoms with van der Waals surface area (Å²) in [6, 6.07) is 12.7. The normalized spacial score (nSPS) is 21.6. The van der Waals surface area contributed by atoms with Gasteiger partial charge in [-0.25, -0.2) is 4.98 Å². The number of thioether (sulfide) groups is 1. The predicted molar refractivity (Wildman–Crippen MR) is 179 cm³/mol. The second kappa shape index (κ2) is 16.8. The molecular weight excluding hydrogens is 620 g/mol. The number of aromatic nitrogens is 1. The first-order valence-corrected chi connectivity index (χ1v) is 17.0. The highest BCUT2D eigenvalue weighted by atomic mass is 32.2. The van der Waals surface area contributed by atoms with Gasteiger partial charge < -0.3 is 30.6 Å². The lowest BCUT2D eigenvalue weighted by Gasteiger charge is -2.30. The van der Waals surface area contributed by atoms with Crippen molar-refractivity contribution in [3.05, 3.63) is 78.3 Å². The Balaban J connectivity index is 1.69. The number of hydrogen-bond donors (Lipinski definition) is 4. The molecule has 5 amide bonds. The number of carbonyl (C=O) groups is 5. The molecule has 0 spiro atoms. The number of rotatable bonds is 8. The maximum atomic E-state index is 14.0. The van der Waals surface area contributed by atoms with Gasteiger partial charge in [-0.1, -0.05) is 56.3 Å². The van der Waals surface area contributed by atoms with Crippen molar-refractivity contribution < 1.29 is 28.4 Å². The highest BCUT2D eigenvalue weighted by molar-refractivity contribution is 7.98. The molecule has 12 nitrogen and oxygen atoms in total. The minimum absolute atomic E-state index is 0.0215. The fraction of sp³-hybridized carbons (Fsp3) is 0.412. The van der Waals surface area contributed by atoms with Crippen LogP contribution in [0.25, 0.3) is 11.3 Å². The second-order valence-corrected chi connectivity index (χ2v) is 12.9. The molecule has 1 aliphatic heterocycles. The summed E-state index contributed by atoms with van der Waals surface area (Å²) in [6.45, 7) is 4.75. The number of nitrogens with zero attached hydrogens (tertiary/aromatic N) is 2. The van der Waals surface area contributed by atoms with Gasteiger partial charge in [0.15, 0.2) is 12.2 Å². The van der Waals surface area contributed by atoms with E-state index in [1.807, 2.05) is 36.6 Å². The lowest BCUT2D eigenvalue weighted by molar-refractivity contribution is -0.134. The van der Waals surface area contributed by atoms with Gasteiger partial charge in [0.05, 0.1) is 18.8 Å². The third kappa shape index (κ3) is 9.92. The zero-order valence-corrected chi connectivity index (χ0v) is 27.8. The first-order valence-electron chi connectivity index (χ1n) is 15.6. The van der Waals surface area contributed by atoms with Crippen molar-refractivity contribution in [2.75, 3.05) is 25.1 Å². The van der Waals surface area contributed by atoms with Gasteiger partial charge in [-0.2, -0.15) is 11.8 Å². The van der Waals surface area contributed by atoms with Gasteiger partial charge in [-0.3, -0.25) is 24.0 Å². The maximum Gasteiger partial charge on any atom is 0.254 e. The maximum absolute atomic E-state index is 14.0. The molecule has 47 heavy (non-hydrogen) atoms. The fourth-order valence-corrected chi connectivity index (χ4v) is 5.73. The van der Waals surface area contributed by atoms with Crippen LogP contribution in [0, 0.1) is 5.92 Å². The molecule has 13 heteroatoms. The Morgan fingerprint density at radius 3 is 2.32 bits per heavy atom. The molecule has 0 radical (unpaired) electrons. The number of carbonyl (C=O) groups excluding carboxylic acids is 5. The molecule has 4 rings (SSSR count). The van der Waals surface area contributed by atoms with E-state index in [1.165, 1.54) is 23.1 Å². The summed E-state index contributed by atoms with van der Waals surface area (Å²) in [5, 5.41) is 11.3. The van der Waals surface area contributed by atoms with E-state index in [9.17, 15) is 24.0 Å². The van der Waals surface area contributed by atoms with E-state index in [4.69, 9.17) is 4.42 Å². The second-order valence-electron chi connectivity index (χ2n) is 11.9. The Kier molecular flexibility index (Phi) is 12.6. The largest absolute Gasteiger partial charge is 0.444 e. The van der Waals surface area contributed by atoms with E-state index in [0.29, 0.717) is 29.9 Å². The molecule has 0 saturated carbocycles. The highest BCUT2D eigenvalue weighted by Crippen LogP contribution is 2.20. The Bertz CT molecular complexity index is 1520. The van der Waals surface area contributed by atoms with E-state index < -0.39 is 53.7 Å². The summed E-state index contributed by atoms with van der Waals surface area (Å²) < 4.78 is 5.36. The molecular formula is C34H42N6O6S. The van der Waals surface area contributed by atoms with Crippen LogP contribution in [0.2, 0.25) is 0 Å².